The Labute approximate surface area is 181 Å². The second-order valence-corrected chi connectivity index (χ2v) is 8.28. The van der Waals surface area contributed by atoms with Crippen molar-refractivity contribution in [2.24, 2.45) is 0 Å². The van der Waals surface area contributed by atoms with Gasteiger partial charge in [-0.1, -0.05) is 48.5 Å². The number of carboxylic acids is 1. The molecular formula is C24H27NO6. The minimum absolute atomic E-state index is 0.0731. The summed E-state index contributed by atoms with van der Waals surface area (Å²) in [6.45, 7) is 3.98. The van der Waals surface area contributed by atoms with Crippen LogP contribution in [0.2, 0.25) is 0 Å². The molecule has 1 aliphatic rings. The van der Waals surface area contributed by atoms with E-state index in [0.717, 1.165) is 22.3 Å². The average molecular weight is 425 g/mol. The normalized spacial score (nSPS) is 13.6. The highest BCUT2D eigenvalue weighted by atomic mass is 16.5. The van der Waals surface area contributed by atoms with E-state index in [4.69, 9.17) is 9.47 Å². The third kappa shape index (κ3) is 5.63. The summed E-state index contributed by atoms with van der Waals surface area (Å²) < 4.78 is 10.5. The molecule has 7 nitrogen and oxygen atoms in total. The van der Waals surface area contributed by atoms with Crippen LogP contribution < -0.4 is 5.32 Å². The number of benzene rings is 2. The molecule has 1 atom stereocenters. The zero-order valence-electron chi connectivity index (χ0n) is 17.7. The Hall–Kier alpha value is -3.35. The zero-order valence-corrected chi connectivity index (χ0v) is 17.7. The summed E-state index contributed by atoms with van der Waals surface area (Å²) in [5.74, 6) is -1.10. The van der Waals surface area contributed by atoms with Gasteiger partial charge in [0.2, 0.25) is 0 Å². The van der Waals surface area contributed by atoms with Crippen molar-refractivity contribution in [1.29, 1.82) is 0 Å². The molecular weight excluding hydrogens is 398 g/mol. The summed E-state index contributed by atoms with van der Waals surface area (Å²) in [5, 5.41) is 11.8. The van der Waals surface area contributed by atoms with Crippen molar-refractivity contribution in [3.8, 4) is 11.1 Å². The first-order valence-electron chi connectivity index (χ1n) is 10.3. The van der Waals surface area contributed by atoms with E-state index < -0.39 is 23.7 Å². The molecule has 0 aromatic heterocycles. The molecule has 2 N–H and O–H groups in total. The molecule has 7 heteroatoms. The van der Waals surface area contributed by atoms with Crippen LogP contribution >= 0.6 is 0 Å². The third-order valence-electron chi connectivity index (χ3n) is 5.55. The van der Waals surface area contributed by atoms with E-state index >= 15 is 0 Å². The lowest BCUT2D eigenvalue weighted by molar-refractivity contribution is -0.142. The summed E-state index contributed by atoms with van der Waals surface area (Å²) in [4.78, 5) is 34.3. The Morgan fingerprint density at radius 1 is 1.10 bits per heavy atom. The van der Waals surface area contributed by atoms with Gasteiger partial charge in [-0.3, -0.25) is 9.59 Å². The highest BCUT2D eigenvalue weighted by Crippen LogP contribution is 2.44. The Morgan fingerprint density at radius 3 is 2.23 bits per heavy atom. The Bertz CT molecular complexity index is 909. The molecule has 0 spiro atoms. The molecule has 3 rings (SSSR count). The second kappa shape index (κ2) is 9.64. The number of aliphatic carboxylic acids is 1. The van der Waals surface area contributed by atoms with Gasteiger partial charge in [-0.25, -0.2) is 4.79 Å². The number of hydrogen-bond acceptors (Lipinski definition) is 5. The summed E-state index contributed by atoms with van der Waals surface area (Å²) in [6.07, 6.45) is -0.186. The maximum atomic E-state index is 12.5. The lowest BCUT2D eigenvalue weighted by Crippen LogP contribution is -2.39. The van der Waals surface area contributed by atoms with Crippen LogP contribution in [0.25, 0.3) is 11.1 Å². The minimum Gasteiger partial charge on any atom is -0.481 e. The van der Waals surface area contributed by atoms with Crippen LogP contribution in [0.1, 0.15) is 50.2 Å². The largest absolute Gasteiger partial charge is 0.481 e. The quantitative estimate of drug-likeness (QED) is 0.556. The van der Waals surface area contributed by atoms with Crippen molar-refractivity contribution >= 4 is 18.5 Å². The van der Waals surface area contributed by atoms with Crippen LogP contribution in [0, 0.1) is 0 Å². The maximum absolute atomic E-state index is 12.5. The standard InChI is InChI=1S/C24H27NO6/c1-24(2,31-15-26)12-11-16(13-22(27)28)25-23(29)30-14-21-19-9-5-3-7-17(19)18-8-4-6-10-20(18)21/h3-10,15-16,21H,11-14H2,1-2H3,(H,25,29)(H,27,28)/t16-/m0/s1. The SMILES string of the molecule is CC(C)(CC[C@@H](CC(=O)O)NC(=O)OCC1c2ccccc2-c2ccccc21)OC=O. The molecule has 1 amide bonds. The molecule has 164 valence electrons. The lowest BCUT2D eigenvalue weighted by atomic mass is 9.97. The first-order valence-corrected chi connectivity index (χ1v) is 10.3. The van der Waals surface area contributed by atoms with Gasteiger partial charge in [0.1, 0.15) is 12.2 Å². The first-order chi connectivity index (χ1) is 14.8. The molecule has 0 radical (unpaired) electrons. The molecule has 0 saturated heterocycles. The van der Waals surface area contributed by atoms with Crippen molar-refractivity contribution in [3.05, 3.63) is 59.7 Å². The van der Waals surface area contributed by atoms with E-state index in [-0.39, 0.29) is 18.9 Å². The fourth-order valence-corrected chi connectivity index (χ4v) is 3.95. The van der Waals surface area contributed by atoms with Gasteiger partial charge in [0, 0.05) is 12.0 Å². The fraction of sp³-hybridized carbons (Fsp3) is 0.375. The number of ether oxygens (including phenoxy) is 2. The molecule has 0 aliphatic heterocycles. The van der Waals surface area contributed by atoms with Crippen molar-refractivity contribution in [2.45, 2.75) is 50.7 Å². The van der Waals surface area contributed by atoms with Gasteiger partial charge in [0.05, 0.1) is 6.42 Å². The van der Waals surface area contributed by atoms with Crippen LogP contribution in [-0.4, -0.2) is 41.9 Å². The molecule has 0 saturated carbocycles. The van der Waals surface area contributed by atoms with Gasteiger partial charge in [-0.05, 0) is 48.9 Å². The number of rotatable bonds is 10. The summed E-state index contributed by atoms with van der Waals surface area (Å²) in [6, 6.07) is 15.4. The zero-order chi connectivity index (χ0) is 22.4. The molecule has 0 heterocycles. The molecule has 0 fully saturated rings. The number of nitrogens with one attached hydrogen (secondary N) is 1. The average Bonchev–Trinajstić information content (AvgIpc) is 3.04. The smallest absolute Gasteiger partial charge is 0.407 e. The van der Waals surface area contributed by atoms with Gasteiger partial charge in [0.15, 0.2) is 0 Å². The number of carboxylic acid groups (broad SMARTS) is 1. The molecule has 1 aliphatic carbocycles. The maximum Gasteiger partial charge on any atom is 0.407 e. The second-order valence-electron chi connectivity index (χ2n) is 8.28. The number of carbonyl (C=O) groups excluding carboxylic acids is 2. The Morgan fingerprint density at radius 2 is 1.68 bits per heavy atom. The minimum atomic E-state index is -1.03. The monoisotopic (exact) mass is 425 g/mol. The van der Waals surface area contributed by atoms with Crippen molar-refractivity contribution in [2.75, 3.05) is 6.61 Å². The summed E-state index contributed by atoms with van der Waals surface area (Å²) >= 11 is 0. The summed E-state index contributed by atoms with van der Waals surface area (Å²) in [7, 11) is 0. The van der Waals surface area contributed by atoms with Crippen LogP contribution in [0.5, 0.6) is 0 Å². The van der Waals surface area contributed by atoms with E-state index in [1.165, 1.54) is 0 Å². The highest BCUT2D eigenvalue weighted by Gasteiger charge is 2.29. The van der Waals surface area contributed by atoms with Crippen LogP contribution in [0.15, 0.2) is 48.5 Å². The van der Waals surface area contributed by atoms with E-state index in [0.29, 0.717) is 19.3 Å². The Balaban J connectivity index is 1.62. The van der Waals surface area contributed by atoms with Gasteiger partial charge < -0.3 is 19.9 Å². The fourth-order valence-electron chi connectivity index (χ4n) is 3.95. The molecule has 0 bridgehead atoms. The van der Waals surface area contributed by atoms with Crippen molar-refractivity contribution in [1.82, 2.24) is 5.32 Å². The lowest BCUT2D eigenvalue weighted by Gasteiger charge is -2.25. The van der Waals surface area contributed by atoms with Crippen LogP contribution in [-0.2, 0) is 19.1 Å². The van der Waals surface area contributed by atoms with Gasteiger partial charge in [0.25, 0.3) is 6.47 Å². The van der Waals surface area contributed by atoms with Gasteiger partial charge in [-0.2, -0.15) is 0 Å². The number of fused-ring (bicyclic) bond motifs is 3. The number of amides is 1. The molecule has 2 aromatic rings. The van der Waals surface area contributed by atoms with Crippen molar-refractivity contribution in [3.63, 3.8) is 0 Å². The predicted octanol–water partition coefficient (Wildman–Crippen LogP) is 4.10. The first kappa shape index (κ1) is 22.3. The van der Waals surface area contributed by atoms with Crippen LogP contribution in [0.4, 0.5) is 4.79 Å². The van der Waals surface area contributed by atoms with Crippen molar-refractivity contribution < 1.29 is 29.0 Å². The molecule has 0 unspecified atom stereocenters. The van der Waals surface area contributed by atoms with Gasteiger partial charge >= 0.3 is 12.1 Å². The number of alkyl carbamates (subject to hydrolysis) is 1. The van der Waals surface area contributed by atoms with E-state index in [9.17, 15) is 19.5 Å². The topological polar surface area (TPSA) is 102 Å². The van der Waals surface area contributed by atoms with E-state index in [1.54, 1.807) is 13.8 Å². The third-order valence-corrected chi connectivity index (χ3v) is 5.55. The van der Waals surface area contributed by atoms with E-state index in [2.05, 4.69) is 17.4 Å². The predicted molar refractivity (Wildman–Crippen MR) is 115 cm³/mol. The summed E-state index contributed by atoms with van der Waals surface area (Å²) in [5.41, 5.74) is 3.72. The van der Waals surface area contributed by atoms with Crippen LogP contribution in [0.3, 0.4) is 0 Å². The van der Waals surface area contributed by atoms with Gasteiger partial charge in [-0.15, -0.1) is 0 Å². The number of hydrogen-bond donors (Lipinski definition) is 2. The number of carbonyl (C=O) groups is 3. The molecule has 2 aromatic carbocycles. The molecule has 31 heavy (non-hydrogen) atoms. The highest BCUT2D eigenvalue weighted by molar-refractivity contribution is 5.79. The Kier molecular flexibility index (Phi) is 6.95. The van der Waals surface area contributed by atoms with E-state index in [1.807, 2.05) is 36.4 Å².